The van der Waals surface area contributed by atoms with Crippen LogP contribution >= 0.6 is 11.6 Å². The number of amides is 1. The van der Waals surface area contributed by atoms with Crippen molar-refractivity contribution in [3.63, 3.8) is 0 Å². The Labute approximate surface area is 167 Å². The number of rotatable bonds is 6. The first-order valence-corrected chi connectivity index (χ1v) is 9.19. The lowest BCUT2D eigenvalue weighted by molar-refractivity contribution is -0.116. The van der Waals surface area contributed by atoms with Crippen molar-refractivity contribution in [1.29, 1.82) is 0 Å². The zero-order valence-electron chi connectivity index (χ0n) is 15.6. The Morgan fingerprint density at radius 3 is 2.29 bits per heavy atom. The van der Waals surface area contributed by atoms with E-state index in [-0.39, 0.29) is 35.8 Å². The van der Waals surface area contributed by atoms with Crippen molar-refractivity contribution >= 4 is 29.0 Å². The van der Waals surface area contributed by atoms with E-state index in [1.165, 1.54) is 4.68 Å². The van der Waals surface area contributed by atoms with Gasteiger partial charge in [0.25, 0.3) is 5.56 Å². The fraction of sp³-hybridized carbons (Fsp3) is 0.190. The highest BCUT2D eigenvalue weighted by Crippen LogP contribution is 2.15. The lowest BCUT2D eigenvalue weighted by atomic mass is 10.1. The van der Waals surface area contributed by atoms with Crippen LogP contribution in [0.3, 0.4) is 0 Å². The largest absolute Gasteiger partial charge is 0.320 e. The van der Waals surface area contributed by atoms with Gasteiger partial charge in [-0.05, 0) is 43.3 Å². The Hall–Kier alpha value is -3.12. The smallest absolute Gasteiger partial charge is 0.295 e. The number of carbonyl (C=O) groups is 2. The summed E-state index contributed by atoms with van der Waals surface area (Å²) in [5.74, 6) is -0.536. The zero-order chi connectivity index (χ0) is 20.3. The molecule has 6 nitrogen and oxygen atoms in total. The molecule has 1 amide bonds. The molecule has 0 unspecified atom stereocenters. The number of nitrogens with one attached hydrogen (secondary N) is 1. The highest BCUT2D eigenvalue weighted by Gasteiger charge is 2.18. The topological polar surface area (TPSA) is 73.1 Å². The summed E-state index contributed by atoms with van der Waals surface area (Å²) in [5, 5.41) is 3.20. The monoisotopic (exact) mass is 397 g/mol. The predicted molar refractivity (Wildman–Crippen MR) is 109 cm³/mol. The first-order valence-electron chi connectivity index (χ1n) is 8.81. The second-order valence-electron chi connectivity index (χ2n) is 6.41. The second kappa shape index (κ2) is 8.27. The van der Waals surface area contributed by atoms with Gasteiger partial charge in [-0.3, -0.25) is 19.1 Å². The van der Waals surface area contributed by atoms with Crippen LogP contribution in [0.4, 0.5) is 5.69 Å². The molecule has 7 heteroatoms. The standard InChI is InChI=1S/C21H20ClN3O3/c1-14-20(21(28)25(24(14)2)17-6-4-3-5-7-17)23-19(27)13-12-18(26)15-8-10-16(22)11-9-15/h3-11H,12-13H2,1-2H3,(H,23,27). The van der Waals surface area contributed by atoms with Crippen molar-refractivity contribution in [3.8, 4) is 5.69 Å². The molecule has 28 heavy (non-hydrogen) atoms. The minimum absolute atomic E-state index is 0.0133. The summed E-state index contributed by atoms with van der Waals surface area (Å²) in [6, 6.07) is 15.7. The molecule has 0 aliphatic heterocycles. The Morgan fingerprint density at radius 2 is 1.64 bits per heavy atom. The number of aromatic nitrogens is 2. The molecule has 144 valence electrons. The maximum atomic E-state index is 12.8. The molecule has 0 saturated heterocycles. The quantitative estimate of drug-likeness (QED) is 0.644. The molecule has 0 aliphatic rings. The molecule has 0 aliphatic carbocycles. The van der Waals surface area contributed by atoms with Crippen molar-refractivity contribution < 1.29 is 9.59 Å². The highest BCUT2D eigenvalue weighted by molar-refractivity contribution is 6.30. The van der Waals surface area contributed by atoms with Gasteiger partial charge in [-0.25, -0.2) is 4.68 Å². The van der Waals surface area contributed by atoms with Gasteiger partial charge < -0.3 is 5.32 Å². The Kier molecular flexibility index (Phi) is 5.80. The molecular formula is C21H20ClN3O3. The molecule has 1 heterocycles. The molecule has 0 fully saturated rings. The van der Waals surface area contributed by atoms with Crippen LogP contribution in [0.25, 0.3) is 5.69 Å². The van der Waals surface area contributed by atoms with Crippen LogP contribution in [0.15, 0.2) is 59.4 Å². The summed E-state index contributed by atoms with van der Waals surface area (Å²) >= 11 is 5.81. The SMILES string of the molecule is Cc1c(NC(=O)CCC(=O)c2ccc(Cl)cc2)c(=O)n(-c2ccccc2)n1C. The van der Waals surface area contributed by atoms with E-state index in [9.17, 15) is 14.4 Å². The number of para-hydroxylation sites is 1. The van der Waals surface area contributed by atoms with Crippen molar-refractivity contribution in [3.05, 3.63) is 81.2 Å². The molecule has 1 aromatic heterocycles. The van der Waals surface area contributed by atoms with Crippen molar-refractivity contribution in [2.75, 3.05) is 5.32 Å². The van der Waals surface area contributed by atoms with E-state index in [0.717, 1.165) is 0 Å². The third kappa shape index (κ3) is 4.07. The molecule has 0 saturated carbocycles. The maximum absolute atomic E-state index is 12.8. The van der Waals surface area contributed by atoms with Gasteiger partial charge in [-0.1, -0.05) is 29.8 Å². The molecule has 0 radical (unpaired) electrons. The fourth-order valence-corrected chi connectivity index (χ4v) is 3.05. The number of halogens is 1. The Balaban J connectivity index is 1.72. The Morgan fingerprint density at radius 1 is 1.00 bits per heavy atom. The van der Waals surface area contributed by atoms with E-state index < -0.39 is 0 Å². The van der Waals surface area contributed by atoms with E-state index in [4.69, 9.17) is 11.6 Å². The lowest BCUT2D eigenvalue weighted by Crippen LogP contribution is -2.23. The molecular weight excluding hydrogens is 378 g/mol. The number of ketones is 1. The average Bonchev–Trinajstić information content (AvgIpc) is 2.90. The van der Waals surface area contributed by atoms with Crippen molar-refractivity contribution in [1.82, 2.24) is 9.36 Å². The van der Waals surface area contributed by atoms with Gasteiger partial charge in [0, 0.05) is 30.5 Å². The fourth-order valence-electron chi connectivity index (χ4n) is 2.92. The van der Waals surface area contributed by atoms with E-state index in [1.54, 1.807) is 42.9 Å². The van der Waals surface area contributed by atoms with Gasteiger partial charge in [0.05, 0.1) is 11.4 Å². The molecule has 0 bridgehead atoms. The van der Waals surface area contributed by atoms with Gasteiger partial charge in [0.15, 0.2) is 5.78 Å². The van der Waals surface area contributed by atoms with Crippen molar-refractivity contribution in [2.24, 2.45) is 7.05 Å². The maximum Gasteiger partial charge on any atom is 0.295 e. The summed E-state index contributed by atoms with van der Waals surface area (Å²) in [5.41, 5.74) is 1.74. The molecule has 3 aromatic rings. The van der Waals surface area contributed by atoms with Crippen LogP contribution < -0.4 is 10.9 Å². The normalized spacial score (nSPS) is 10.7. The first-order chi connectivity index (χ1) is 13.4. The zero-order valence-corrected chi connectivity index (χ0v) is 16.4. The minimum atomic E-state index is -0.381. The Bertz CT molecular complexity index is 1070. The summed E-state index contributed by atoms with van der Waals surface area (Å²) < 4.78 is 3.18. The summed E-state index contributed by atoms with van der Waals surface area (Å²) in [4.78, 5) is 37.3. The number of hydrogen-bond donors (Lipinski definition) is 1. The van der Waals surface area contributed by atoms with Gasteiger partial charge in [-0.2, -0.15) is 0 Å². The average molecular weight is 398 g/mol. The molecule has 1 N–H and O–H groups in total. The molecule has 2 aromatic carbocycles. The highest BCUT2D eigenvalue weighted by atomic mass is 35.5. The number of nitrogens with zero attached hydrogens (tertiary/aromatic N) is 2. The summed E-state index contributed by atoms with van der Waals surface area (Å²) in [7, 11) is 1.75. The van der Waals surface area contributed by atoms with Crippen LogP contribution in [-0.2, 0) is 11.8 Å². The van der Waals surface area contributed by atoms with Crippen LogP contribution in [0.2, 0.25) is 5.02 Å². The van der Waals surface area contributed by atoms with E-state index >= 15 is 0 Å². The lowest BCUT2D eigenvalue weighted by Gasteiger charge is -2.07. The number of carbonyl (C=O) groups excluding carboxylic acids is 2. The van der Waals surface area contributed by atoms with Crippen LogP contribution in [0, 0.1) is 6.92 Å². The van der Waals surface area contributed by atoms with Gasteiger partial charge in [0.1, 0.15) is 5.69 Å². The van der Waals surface area contributed by atoms with Crippen LogP contribution in [-0.4, -0.2) is 21.1 Å². The van der Waals surface area contributed by atoms with Crippen molar-refractivity contribution in [2.45, 2.75) is 19.8 Å². The van der Waals surface area contributed by atoms with E-state index in [0.29, 0.717) is 22.0 Å². The number of hydrogen-bond acceptors (Lipinski definition) is 3. The second-order valence-corrected chi connectivity index (χ2v) is 6.85. The first kappa shape index (κ1) is 19.6. The van der Waals surface area contributed by atoms with Crippen LogP contribution in [0.1, 0.15) is 28.9 Å². The number of anilines is 1. The van der Waals surface area contributed by atoms with E-state index in [2.05, 4.69) is 5.32 Å². The minimum Gasteiger partial charge on any atom is -0.320 e. The molecule has 3 rings (SSSR count). The third-order valence-corrected chi connectivity index (χ3v) is 4.82. The summed E-state index contributed by atoms with van der Waals surface area (Å²) in [6.07, 6.45) is 0.0345. The van der Waals surface area contributed by atoms with Gasteiger partial charge in [0.2, 0.25) is 5.91 Å². The summed E-state index contributed by atoms with van der Waals surface area (Å²) in [6.45, 7) is 1.76. The third-order valence-electron chi connectivity index (χ3n) is 4.56. The molecule has 0 spiro atoms. The van der Waals surface area contributed by atoms with Gasteiger partial charge >= 0.3 is 0 Å². The predicted octanol–water partition coefficient (Wildman–Crippen LogP) is 3.74. The number of benzene rings is 2. The van der Waals surface area contributed by atoms with Gasteiger partial charge in [-0.15, -0.1) is 0 Å². The van der Waals surface area contributed by atoms with E-state index in [1.807, 2.05) is 30.3 Å². The molecule has 0 atom stereocenters. The number of Topliss-reactive ketones (excluding diaryl/α,β-unsaturated/α-hetero) is 1. The van der Waals surface area contributed by atoms with Crippen LogP contribution in [0.5, 0.6) is 0 Å².